The first-order chi connectivity index (χ1) is 7.10. The Morgan fingerprint density at radius 3 is 2.53 bits per heavy atom. The highest BCUT2D eigenvalue weighted by molar-refractivity contribution is 5.91. The maximum absolute atomic E-state index is 10.9. The van der Waals surface area contributed by atoms with Crippen LogP contribution in [0.15, 0.2) is 17.1 Å². The number of carbonyl (C=O) groups excluding carboxylic acids is 3. The van der Waals surface area contributed by atoms with E-state index in [-0.39, 0.29) is 6.61 Å². The van der Waals surface area contributed by atoms with E-state index >= 15 is 0 Å². The molecular formula is C9H11NO5. The van der Waals surface area contributed by atoms with E-state index in [9.17, 15) is 14.4 Å². The number of rotatable bonds is 5. The molecule has 0 N–H and O–H groups in total. The van der Waals surface area contributed by atoms with E-state index < -0.39 is 18.2 Å². The fraction of sp³-hybridized carbons (Fsp3) is 0.444. The van der Waals surface area contributed by atoms with Gasteiger partial charge in [0.25, 0.3) is 0 Å². The minimum atomic E-state index is -0.915. The predicted molar refractivity (Wildman–Crippen MR) is 49.4 cm³/mol. The molecule has 0 bridgehead atoms. The average molecular weight is 213 g/mol. The van der Waals surface area contributed by atoms with Crippen molar-refractivity contribution in [2.75, 3.05) is 6.61 Å². The van der Waals surface area contributed by atoms with Crippen LogP contribution >= 0.6 is 0 Å². The summed E-state index contributed by atoms with van der Waals surface area (Å²) in [5, 5.41) is 0. The van der Waals surface area contributed by atoms with Gasteiger partial charge in [0.1, 0.15) is 0 Å². The number of hydrogen-bond acceptors (Lipinski definition) is 6. The van der Waals surface area contributed by atoms with Gasteiger partial charge in [0.15, 0.2) is 0 Å². The van der Waals surface area contributed by atoms with Crippen molar-refractivity contribution in [1.29, 1.82) is 0 Å². The molecule has 82 valence electrons. The second kappa shape index (κ2) is 7.46. The Morgan fingerprint density at radius 1 is 1.40 bits per heavy atom. The van der Waals surface area contributed by atoms with Crippen molar-refractivity contribution >= 4 is 18.0 Å². The predicted octanol–water partition coefficient (Wildman–Crippen LogP) is 0.331. The summed E-state index contributed by atoms with van der Waals surface area (Å²) in [5.74, 6) is -1.42. The second-order valence-electron chi connectivity index (χ2n) is 2.34. The Balaban J connectivity index is 4.02. The fourth-order valence-electron chi connectivity index (χ4n) is 0.634. The third kappa shape index (κ3) is 7.16. The molecule has 6 heteroatoms. The van der Waals surface area contributed by atoms with Gasteiger partial charge < -0.3 is 9.47 Å². The number of nitrogens with zero attached hydrogens (tertiary/aromatic N) is 1. The molecule has 1 unspecified atom stereocenters. The van der Waals surface area contributed by atoms with Crippen molar-refractivity contribution in [3.05, 3.63) is 12.2 Å². The molecule has 0 aromatic carbocycles. The highest BCUT2D eigenvalue weighted by Crippen LogP contribution is 1.93. The van der Waals surface area contributed by atoms with E-state index in [1.807, 2.05) is 0 Å². The molecule has 1 atom stereocenters. The van der Waals surface area contributed by atoms with Crippen LogP contribution in [0.1, 0.15) is 13.8 Å². The van der Waals surface area contributed by atoms with Crippen LogP contribution in [0.3, 0.4) is 0 Å². The number of carbonyl (C=O) groups is 2. The van der Waals surface area contributed by atoms with E-state index in [1.54, 1.807) is 6.92 Å². The minimum absolute atomic E-state index is 0.226. The van der Waals surface area contributed by atoms with Crippen molar-refractivity contribution in [2.45, 2.75) is 20.1 Å². The SMILES string of the molecule is CCOC(=O)C=CC(=O)OC(C)N=C=O. The Labute approximate surface area is 86.6 Å². The van der Waals surface area contributed by atoms with E-state index in [0.29, 0.717) is 0 Å². The highest BCUT2D eigenvalue weighted by atomic mass is 16.6. The van der Waals surface area contributed by atoms with E-state index in [0.717, 1.165) is 12.2 Å². The quantitative estimate of drug-likeness (QED) is 0.284. The topological polar surface area (TPSA) is 82.0 Å². The lowest BCUT2D eigenvalue weighted by Crippen LogP contribution is -2.11. The van der Waals surface area contributed by atoms with Crippen molar-refractivity contribution in [1.82, 2.24) is 0 Å². The smallest absolute Gasteiger partial charge is 0.333 e. The third-order valence-corrected chi connectivity index (χ3v) is 1.16. The van der Waals surface area contributed by atoms with Crippen molar-refractivity contribution in [3.63, 3.8) is 0 Å². The number of isocyanates is 1. The molecule has 0 heterocycles. The Hall–Kier alpha value is -1.94. The molecule has 0 aromatic heterocycles. The molecule has 0 saturated heterocycles. The Kier molecular flexibility index (Phi) is 6.50. The first-order valence-corrected chi connectivity index (χ1v) is 4.22. The Morgan fingerprint density at radius 2 is 2.00 bits per heavy atom. The molecule has 0 aromatic rings. The molecule has 0 aliphatic carbocycles. The van der Waals surface area contributed by atoms with Gasteiger partial charge in [-0.05, 0) is 13.8 Å². The van der Waals surface area contributed by atoms with Crippen LogP contribution in [0.25, 0.3) is 0 Å². The van der Waals surface area contributed by atoms with Gasteiger partial charge in [-0.1, -0.05) is 0 Å². The molecule has 0 fully saturated rings. The number of ether oxygens (including phenoxy) is 2. The zero-order valence-electron chi connectivity index (χ0n) is 8.43. The molecule has 0 amide bonds. The number of hydrogen-bond donors (Lipinski definition) is 0. The monoisotopic (exact) mass is 213 g/mol. The molecule has 6 nitrogen and oxygen atoms in total. The summed E-state index contributed by atoms with van der Waals surface area (Å²) < 4.78 is 9.08. The lowest BCUT2D eigenvalue weighted by Gasteiger charge is -2.02. The summed E-state index contributed by atoms with van der Waals surface area (Å²) in [7, 11) is 0. The summed E-state index contributed by atoms with van der Waals surface area (Å²) in [6.07, 6.45) is 2.16. The average Bonchev–Trinajstić information content (AvgIpc) is 2.15. The van der Waals surface area contributed by atoms with Crippen LogP contribution in [-0.4, -0.2) is 30.9 Å². The van der Waals surface area contributed by atoms with Crippen molar-refractivity contribution in [2.24, 2.45) is 4.99 Å². The van der Waals surface area contributed by atoms with Crippen LogP contribution in [0.4, 0.5) is 0 Å². The molecule has 0 saturated carbocycles. The fourth-order valence-corrected chi connectivity index (χ4v) is 0.634. The van der Waals surface area contributed by atoms with E-state index in [4.69, 9.17) is 0 Å². The summed E-state index contributed by atoms with van der Waals surface area (Å²) in [6.45, 7) is 3.26. The molecule has 0 spiro atoms. The first-order valence-electron chi connectivity index (χ1n) is 4.22. The normalized spacial score (nSPS) is 11.6. The minimum Gasteiger partial charge on any atom is -0.463 e. The van der Waals surface area contributed by atoms with Gasteiger partial charge in [-0.2, -0.15) is 4.99 Å². The highest BCUT2D eigenvalue weighted by Gasteiger charge is 2.04. The maximum Gasteiger partial charge on any atom is 0.333 e. The van der Waals surface area contributed by atoms with Gasteiger partial charge in [0.2, 0.25) is 12.3 Å². The first kappa shape index (κ1) is 13.1. The molecule has 15 heavy (non-hydrogen) atoms. The molecule has 0 radical (unpaired) electrons. The van der Waals surface area contributed by atoms with E-state index in [2.05, 4.69) is 14.5 Å². The van der Waals surface area contributed by atoms with Gasteiger partial charge in [-0.3, -0.25) is 0 Å². The van der Waals surface area contributed by atoms with Crippen molar-refractivity contribution < 1.29 is 23.9 Å². The summed E-state index contributed by atoms with van der Waals surface area (Å²) >= 11 is 0. The lowest BCUT2D eigenvalue weighted by molar-refractivity contribution is -0.143. The largest absolute Gasteiger partial charge is 0.463 e. The van der Waals surface area contributed by atoms with Crippen LogP contribution < -0.4 is 0 Å². The lowest BCUT2D eigenvalue weighted by atomic mass is 10.5. The molecule has 0 aliphatic heterocycles. The van der Waals surface area contributed by atoms with Gasteiger partial charge in [0.05, 0.1) is 6.61 Å². The zero-order valence-corrected chi connectivity index (χ0v) is 8.43. The van der Waals surface area contributed by atoms with Gasteiger partial charge in [0, 0.05) is 12.2 Å². The standard InChI is InChI=1S/C9H11NO5/c1-3-14-8(12)4-5-9(13)15-7(2)10-6-11/h4-5,7H,3H2,1-2H3. The number of esters is 2. The maximum atomic E-state index is 10.9. The number of aliphatic imine (C=N–C) groups is 1. The second-order valence-corrected chi connectivity index (χ2v) is 2.34. The molecular weight excluding hydrogens is 202 g/mol. The van der Waals surface area contributed by atoms with Gasteiger partial charge in [-0.15, -0.1) is 0 Å². The van der Waals surface area contributed by atoms with Crippen LogP contribution in [-0.2, 0) is 23.9 Å². The Bertz CT molecular complexity index is 304. The van der Waals surface area contributed by atoms with Crippen molar-refractivity contribution in [3.8, 4) is 0 Å². The summed E-state index contributed by atoms with van der Waals surface area (Å²) in [4.78, 5) is 34.6. The molecule has 0 aliphatic rings. The van der Waals surface area contributed by atoms with E-state index in [1.165, 1.54) is 13.0 Å². The zero-order chi connectivity index (χ0) is 11.7. The summed E-state index contributed by atoms with van der Waals surface area (Å²) in [5.41, 5.74) is 0. The van der Waals surface area contributed by atoms with Crippen LogP contribution in [0, 0.1) is 0 Å². The molecule has 0 rings (SSSR count). The van der Waals surface area contributed by atoms with Crippen LogP contribution in [0.5, 0.6) is 0 Å². The summed E-state index contributed by atoms with van der Waals surface area (Å²) in [6, 6.07) is 0. The van der Waals surface area contributed by atoms with Gasteiger partial charge in [-0.25, -0.2) is 14.4 Å². The third-order valence-electron chi connectivity index (χ3n) is 1.16. The van der Waals surface area contributed by atoms with Crippen LogP contribution in [0.2, 0.25) is 0 Å². The van der Waals surface area contributed by atoms with Gasteiger partial charge >= 0.3 is 11.9 Å².